The van der Waals surface area contributed by atoms with Crippen molar-refractivity contribution in [1.29, 1.82) is 0 Å². The highest BCUT2D eigenvalue weighted by Crippen LogP contribution is 2.04. The predicted octanol–water partition coefficient (Wildman–Crippen LogP) is 1.18. The van der Waals surface area contributed by atoms with Crippen LogP contribution < -0.4 is 0 Å². The maximum atomic E-state index is 11.3. The molecule has 0 aromatic heterocycles. The Bertz CT molecular complexity index is 254. The van der Waals surface area contributed by atoms with Crippen molar-refractivity contribution < 1.29 is 29.3 Å². The molecule has 0 aromatic carbocycles. The van der Waals surface area contributed by atoms with Crippen molar-refractivity contribution in [2.75, 3.05) is 26.4 Å². The van der Waals surface area contributed by atoms with E-state index in [0.29, 0.717) is 25.9 Å². The molecule has 0 aliphatic carbocycles. The first-order chi connectivity index (χ1) is 9.70. The topological polar surface area (TPSA) is 93.1 Å². The minimum Gasteiger partial charge on any atom is -0.466 e. The fraction of sp³-hybridized carbons (Fsp3) is 0.857. The lowest BCUT2D eigenvalue weighted by Crippen LogP contribution is -2.09. The summed E-state index contributed by atoms with van der Waals surface area (Å²) < 4.78 is 9.73. The largest absolute Gasteiger partial charge is 0.466 e. The molecule has 0 radical (unpaired) electrons. The van der Waals surface area contributed by atoms with Crippen LogP contribution in [-0.2, 0) is 19.1 Å². The molecule has 0 rings (SSSR count). The number of unbranched alkanes of at least 4 members (excludes halogenated alkanes) is 4. The Morgan fingerprint density at radius 1 is 0.650 bits per heavy atom. The van der Waals surface area contributed by atoms with Gasteiger partial charge in [-0.2, -0.15) is 0 Å². The second-order valence-corrected chi connectivity index (χ2v) is 4.51. The van der Waals surface area contributed by atoms with Gasteiger partial charge < -0.3 is 19.7 Å². The number of aliphatic hydroxyl groups is 2. The van der Waals surface area contributed by atoms with Crippen molar-refractivity contribution in [2.45, 2.75) is 51.4 Å². The molecule has 20 heavy (non-hydrogen) atoms. The molecule has 0 heterocycles. The molecule has 0 aromatic rings. The van der Waals surface area contributed by atoms with Crippen LogP contribution in [0.1, 0.15) is 51.4 Å². The second kappa shape index (κ2) is 14.3. The van der Waals surface area contributed by atoms with Gasteiger partial charge in [-0.1, -0.05) is 6.42 Å². The van der Waals surface area contributed by atoms with E-state index in [-0.39, 0.29) is 38.2 Å². The lowest BCUT2D eigenvalue weighted by Gasteiger charge is -2.05. The van der Waals surface area contributed by atoms with E-state index in [1.165, 1.54) is 0 Å². The molecule has 0 spiro atoms. The summed E-state index contributed by atoms with van der Waals surface area (Å²) in [5.74, 6) is -0.591. The van der Waals surface area contributed by atoms with Crippen LogP contribution >= 0.6 is 0 Å². The van der Waals surface area contributed by atoms with Gasteiger partial charge in [0.05, 0.1) is 13.2 Å². The number of hydrogen-bond donors (Lipinski definition) is 2. The fourth-order valence-corrected chi connectivity index (χ4v) is 1.60. The summed E-state index contributed by atoms with van der Waals surface area (Å²) in [6.07, 6.45) is 5.25. The van der Waals surface area contributed by atoms with Gasteiger partial charge in [0.1, 0.15) is 6.61 Å². The van der Waals surface area contributed by atoms with Gasteiger partial charge in [-0.15, -0.1) is 0 Å². The zero-order valence-electron chi connectivity index (χ0n) is 12.0. The summed E-state index contributed by atoms with van der Waals surface area (Å²) in [4.78, 5) is 22.4. The average Bonchev–Trinajstić information content (AvgIpc) is 2.45. The van der Waals surface area contributed by atoms with E-state index in [1.807, 2.05) is 0 Å². The first-order valence-electron chi connectivity index (χ1n) is 7.23. The standard InChI is InChI=1S/C14H26O6/c15-9-5-1-2-6-11-19-13(17)7-3-4-8-14(18)20-12-10-16/h15-16H,1-12H2. The molecule has 0 saturated carbocycles. The lowest BCUT2D eigenvalue weighted by atomic mass is 10.2. The van der Waals surface area contributed by atoms with E-state index < -0.39 is 0 Å². The second-order valence-electron chi connectivity index (χ2n) is 4.51. The lowest BCUT2D eigenvalue weighted by molar-refractivity contribution is -0.146. The smallest absolute Gasteiger partial charge is 0.305 e. The third-order valence-corrected chi connectivity index (χ3v) is 2.68. The summed E-state index contributed by atoms with van der Waals surface area (Å²) in [7, 11) is 0. The van der Waals surface area contributed by atoms with Crippen LogP contribution in [-0.4, -0.2) is 48.6 Å². The monoisotopic (exact) mass is 290 g/mol. The van der Waals surface area contributed by atoms with E-state index in [4.69, 9.17) is 14.9 Å². The number of carbonyl (C=O) groups is 2. The normalized spacial score (nSPS) is 10.3. The molecule has 6 heteroatoms. The van der Waals surface area contributed by atoms with Crippen LogP contribution in [0.5, 0.6) is 0 Å². The zero-order valence-corrected chi connectivity index (χ0v) is 12.0. The Hall–Kier alpha value is -1.14. The van der Waals surface area contributed by atoms with Crippen molar-refractivity contribution in [3.05, 3.63) is 0 Å². The highest BCUT2D eigenvalue weighted by molar-refractivity contribution is 5.70. The number of ether oxygens (including phenoxy) is 2. The Labute approximate surface area is 120 Å². The van der Waals surface area contributed by atoms with Crippen LogP contribution in [0.3, 0.4) is 0 Å². The van der Waals surface area contributed by atoms with Gasteiger partial charge in [0.25, 0.3) is 0 Å². The highest BCUT2D eigenvalue weighted by Gasteiger charge is 2.05. The minimum atomic E-state index is -0.351. The molecule has 0 aliphatic heterocycles. The maximum Gasteiger partial charge on any atom is 0.305 e. The summed E-state index contributed by atoms with van der Waals surface area (Å²) >= 11 is 0. The van der Waals surface area contributed by atoms with Gasteiger partial charge in [0.2, 0.25) is 0 Å². The SMILES string of the molecule is O=C(CCCCC(=O)OCCCCCCO)OCCO. The molecule has 0 amide bonds. The van der Waals surface area contributed by atoms with Crippen molar-refractivity contribution >= 4 is 11.9 Å². The number of hydrogen-bond acceptors (Lipinski definition) is 6. The maximum absolute atomic E-state index is 11.3. The van der Waals surface area contributed by atoms with Crippen LogP contribution in [0.25, 0.3) is 0 Å². The Kier molecular flexibility index (Phi) is 13.5. The molecule has 0 aliphatic rings. The summed E-state index contributed by atoms with van der Waals surface area (Å²) in [5.41, 5.74) is 0. The third kappa shape index (κ3) is 13.3. The van der Waals surface area contributed by atoms with E-state index in [1.54, 1.807) is 0 Å². The van der Waals surface area contributed by atoms with Crippen molar-refractivity contribution in [1.82, 2.24) is 0 Å². The quantitative estimate of drug-likeness (QED) is 0.391. The van der Waals surface area contributed by atoms with Gasteiger partial charge in [0, 0.05) is 19.4 Å². The van der Waals surface area contributed by atoms with Crippen LogP contribution in [0.4, 0.5) is 0 Å². The van der Waals surface area contributed by atoms with Crippen LogP contribution in [0, 0.1) is 0 Å². The molecular weight excluding hydrogens is 264 g/mol. The first-order valence-corrected chi connectivity index (χ1v) is 7.23. The molecule has 0 bridgehead atoms. The van der Waals surface area contributed by atoms with E-state index in [2.05, 4.69) is 4.74 Å². The number of carbonyl (C=O) groups excluding carboxylic acids is 2. The fourth-order valence-electron chi connectivity index (χ4n) is 1.60. The van der Waals surface area contributed by atoms with Crippen molar-refractivity contribution in [3.63, 3.8) is 0 Å². The molecule has 0 unspecified atom stereocenters. The summed E-state index contributed by atoms with van der Waals surface area (Å²) in [5, 5.41) is 17.0. The zero-order chi connectivity index (χ0) is 15.1. The molecule has 6 nitrogen and oxygen atoms in total. The molecule has 118 valence electrons. The predicted molar refractivity (Wildman–Crippen MR) is 73.0 cm³/mol. The molecular formula is C14H26O6. The van der Waals surface area contributed by atoms with E-state index >= 15 is 0 Å². The minimum absolute atomic E-state index is 0.0250. The van der Waals surface area contributed by atoms with Crippen molar-refractivity contribution in [2.24, 2.45) is 0 Å². The van der Waals surface area contributed by atoms with Gasteiger partial charge in [-0.05, 0) is 32.1 Å². The number of rotatable bonds is 13. The van der Waals surface area contributed by atoms with Gasteiger partial charge in [0.15, 0.2) is 0 Å². The number of aliphatic hydroxyl groups excluding tert-OH is 2. The molecule has 0 atom stereocenters. The van der Waals surface area contributed by atoms with Crippen LogP contribution in [0.2, 0.25) is 0 Å². The molecule has 0 fully saturated rings. The van der Waals surface area contributed by atoms with E-state index in [9.17, 15) is 9.59 Å². The van der Waals surface area contributed by atoms with Gasteiger partial charge >= 0.3 is 11.9 Å². The third-order valence-electron chi connectivity index (χ3n) is 2.68. The molecule has 2 N–H and O–H groups in total. The summed E-state index contributed by atoms with van der Waals surface area (Å²) in [6, 6.07) is 0. The highest BCUT2D eigenvalue weighted by atomic mass is 16.5. The van der Waals surface area contributed by atoms with Gasteiger partial charge in [-0.3, -0.25) is 9.59 Å². The Morgan fingerprint density at radius 3 is 1.75 bits per heavy atom. The summed E-state index contributed by atoms with van der Waals surface area (Å²) in [6.45, 7) is 0.483. The van der Waals surface area contributed by atoms with Gasteiger partial charge in [-0.25, -0.2) is 0 Å². The average molecular weight is 290 g/mol. The Morgan fingerprint density at radius 2 is 1.20 bits per heavy atom. The number of esters is 2. The first kappa shape index (κ1) is 18.9. The van der Waals surface area contributed by atoms with Crippen molar-refractivity contribution in [3.8, 4) is 0 Å². The van der Waals surface area contributed by atoms with Crippen LogP contribution in [0.15, 0.2) is 0 Å². The Balaban J connectivity index is 3.30. The van der Waals surface area contributed by atoms with E-state index in [0.717, 1.165) is 25.7 Å². The molecule has 0 saturated heterocycles.